The predicted molar refractivity (Wildman–Crippen MR) is 116 cm³/mol. The van der Waals surface area contributed by atoms with E-state index in [0.29, 0.717) is 6.54 Å². The molecule has 152 valence electrons. The maximum atomic E-state index is 12.4. The number of piperidine rings is 1. The van der Waals surface area contributed by atoms with Gasteiger partial charge in [-0.1, -0.05) is 37.6 Å². The van der Waals surface area contributed by atoms with E-state index < -0.39 is 0 Å². The van der Waals surface area contributed by atoms with E-state index in [1.165, 1.54) is 5.56 Å². The molecule has 1 fully saturated rings. The van der Waals surface area contributed by atoms with Crippen molar-refractivity contribution in [2.75, 3.05) is 25.0 Å². The van der Waals surface area contributed by atoms with Gasteiger partial charge in [-0.2, -0.15) is 0 Å². The summed E-state index contributed by atoms with van der Waals surface area (Å²) in [5.74, 6) is 0.0101. The first kappa shape index (κ1) is 19.5. The van der Waals surface area contributed by atoms with Crippen LogP contribution < -0.4 is 11.0 Å². The van der Waals surface area contributed by atoms with Gasteiger partial charge < -0.3 is 10.3 Å². The lowest BCUT2D eigenvalue weighted by molar-refractivity contribution is -0.117. The minimum absolute atomic E-state index is 0.0101. The number of benzene rings is 2. The smallest absolute Gasteiger partial charge is 0.325 e. The summed E-state index contributed by atoms with van der Waals surface area (Å²) < 4.78 is 1.88. The predicted octanol–water partition coefficient (Wildman–Crippen LogP) is 3.56. The number of para-hydroxylation sites is 2. The highest BCUT2D eigenvalue weighted by atomic mass is 16.2. The van der Waals surface area contributed by atoms with Crippen molar-refractivity contribution in [3.63, 3.8) is 0 Å². The summed E-state index contributed by atoms with van der Waals surface area (Å²) >= 11 is 0. The Bertz CT molecular complexity index is 1030. The number of nitrogens with one attached hydrogen (secondary N) is 2. The SMILES string of the molecule is CCCc1ccc(NC(=O)CN2CCC(n3c(=O)[nH]c4ccccc43)CC2)cc1. The maximum absolute atomic E-state index is 12.4. The van der Waals surface area contributed by atoms with Crippen LogP contribution >= 0.6 is 0 Å². The van der Waals surface area contributed by atoms with Gasteiger partial charge in [-0.3, -0.25) is 14.3 Å². The number of hydrogen-bond acceptors (Lipinski definition) is 3. The summed E-state index contributed by atoms with van der Waals surface area (Å²) in [6, 6.07) is 16.1. The zero-order valence-electron chi connectivity index (χ0n) is 16.9. The standard InChI is InChI=1S/C23H28N4O2/c1-2-5-17-8-10-18(11-9-17)24-22(28)16-26-14-12-19(13-15-26)27-21-7-4-3-6-20(21)25-23(27)29/h3-4,6-11,19H,2,5,12-16H2,1H3,(H,24,28)(H,25,29). The maximum Gasteiger partial charge on any atom is 0.326 e. The number of nitrogens with zero attached hydrogens (tertiary/aromatic N) is 2. The van der Waals surface area contributed by atoms with Crippen LogP contribution in [0.1, 0.15) is 37.8 Å². The minimum atomic E-state index is -0.0473. The van der Waals surface area contributed by atoms with Gasteiger partial charge in [-0.15, -0.1) is 0 Å². The number of fused-ring (bicyclic) bond motifs is 1. The number of rotatable bonds is 6. The van der Waals surface area contributed by atoms with Crippen LogP contribution in [0.2, 0.25) is 0 Å². The Labute approximate surface area is 170 Å². The van der Waals surface area contributed by atoms with E-state index in [2.05, 4.69) is 34.3 Å². The summed E-state index contributed by atoms with van der Waals surface area (Å²) in [5.41, 5.74) is 3.92. The zero-order valence-corrected chi connectivity index (χ0v) is 16.9. The molecule has 29 heavy (non-hydrogen) atoms. The molecule has 0 saturated carbocycles. The van der Waals surface area contributed by atoms with E-state index >= 15 is 0 Å². The molecule has 3 aromatic rings. The highest BCUT2D eigenvalue weighted by Gasteiger charge is 2.24. The first-order chi connectivity index (χ1) is 14.1. The van der Waals surface area contributed by atoms with E-state index in [4.69, 9.17) is 0 Å². The van der Waals surface area contributed by atoms with Gasteiger partial charge in [-0.05, 0) is 49.1 Å². The van der Waals surface area contributed by atoms with Crippen LogP contribution in [0.3, 0.4) is 0 Å². The van der Waals surface area contributed by atoms with E-state index in [1.54, 1.807) is 0 Å². The van der Waals surface area contributed by atoms with Gasteiger partial charge in [0.05, 0.1) is 17.6 Å². The number of aryl methyl sites for hydroxylation is 1. The van der Waals surface area contributed by atoms with Crippen LogP contribution in [-0.4, -0.2) is 40.0 Å². The summed E-state index contributed by atoms with van der Waals surface area (Å²) in [5, 5.41) is 2.99. The van der Waals surface area contributed by atoms with Gasteiger partial charge in [0.1, 0.15) is 0 Å². The fourth-order valence-electron chi connectivity index (χ4n) is 4.22. The molecular weight excluding hydrogens is 364 g/mol. The van der Waals surface area contributed by atoms with Gasteiger partial charge in [0.2, 0.25) is 5.91 Å². The van der Waals surface area contributed by atoms with Crippen LogP contribution in [-0.2, 0) is 11.2 Å². The number of aromatic amines is 1. The molecule has 2 heterocycles. The topological polar surface area (TPSA) is 70.1 Å². The number of H-pyrrole nitrogens is 1. The van der Waals surface area contributed by atoms with E-state index in [9.17, 15) is 9.59 Å². The molecule has 1 aromatic heterocycles. The summed E-state index contributed by atoms with van der Waals surface area (Å²) in [4.78, 5) is 29.9. The van der Waals surface area contributed by atoms with Gasteiger partial charge >= 0.3 is 5.69 Å². The molecule has 0 aliphatic carbocycles. The summed E-state index contributed by atoms with van der Waals surface area (Å²) in [7, 11) is 0. The Morgan fingerprint density at radius 1 is 1.10 bits per heavy atom. The fraction of sp³-hybridized carbons (Fsp3) is 0.391. The lowest BCUT2D eigenvalue weighted by Gasteiger charge is -2.32. The molecule has 6 heteroatoms. The average molecular weight is 393 g/mol. The van der Waals surface area contributed by atoms with E-state index in [-0.39, 0.29) is 17.6 Å². The first-order valence-corrected chi connectivity index (χ1v) is 10.4. The molecule has 0 bridgehead atoms. The Balaban J connectivity index is 1.32. The van der Waals surface area contributed by atoms with E-state index in [1.807, 2.05) is 41.0 Å². The lowest BCUT2D eigenvalue weighted by Crippen LogP contribution is -2.40. The van der Waals surface area contributed by atoms with Gasteiger partial charge in [-0.25, -0.2) is 4.79 Å². The van der Waals surface area contributed by atoms with Crippen molar-refractivity contribution in [3.8, 4) is 0 Å². The molecule has 6 nitrogen and oxygen atoms in total. The Morgan fingerprint density at radius 3 is 2.55 bits per heavy atom. The monoisotopic (exact) mass is 392 g/mol. The first-order valence-electron chi connectivity index (χ1n) is 10.4. The van der Waals surface area contributed by atoms with Crippen LogP contribution in [0.4, 0.5) is 5.69 Å². The highest BCUT2D eigenvalue weighted by Crippen LogP contribution is 2.24. The number of aromatic nitrogens is 2. The molecule has 1 amide bonds. The molecule has 0 atom stereocenters. The van der Waals surface area contributed by atoms with Crippen molar-refractivity contribution >= 4 is 22.6 Å². The molecule has 2 aromatic carbocycles. The molecule has 0 radical (unpaired) electrons. The number of carbonyl (C=O) groups excluding carboxylic acids is 1. The molecule has 1 aliphatic heterocycles. The van der Waals surface area contributed by atoms with Crippen LogP contribution in [0.5, 0.6) is 0 Å². The number of carbonyl (C=O) groups is 1. The summed E-state index contributed by atoms with van der Waals surface area (Å²) in [6.45, 7) is 4.15. The van der Waals surface area contributed by atoms with Crippen molar-refractivity contribution in [2.45, 2.75) is 38.6 Å². The highest BCUT2D eigenvalue weighted by molar-refractivity contribution is 5.92. The molecule has 1 aliphatic rings. The third-order valence-electron chi connectivity index (χ3n) is 5.69. The number of hydrogen-bond donors (Lipinski definition) is 2. The minimum Gasteiger partial charge on any atom is -0.325 e. The molecule has 0 spiro atoms. The summed E-state index contributed by atoms with van der Waals surface area (Å²) in [6.07, 6.45) is 3.90. The number of anilines is 1. The Morgan fingerprint density at radius 2 is 1.83 bits per heavy atom. The van der Waals surface area contributed by atoms with Gasteiger partial charge in [0.15, 0.2) is 0 Å². The quantitative estimate of drug-likeness (QED) is 0.674. The Hall–Kier alpha value is -2.86. The van der Waals surface area contributed by atoms with Crippen molar-refractivity contribution in [1.29, 1.82) is 0 Å². The third kappa shape index (κ3) is 4.43. The zero-order chi connectivity index (χ0) is 20.2. The molecule has 0 unspecified atom stereocenters. The molecule has 1 saturated heterocycles. The number of amides is 1. The number of imidazole rings is 1. The molecular formula is C23H28N4O2. The average Bonchev–Trinajstić information content (AvgIpc) is 3.06. The van der Waals surface area contributed by atoms with E-state index in [0.717, 1.165) is 55.5 Å². The number of likely N-dealkylation sites (tertiary alicyclic amines) is 1. The van der Waals surface area contributed by atoms with Gasteiger partial charge in [0.25, 0.3) is 0 Å². The van der Waals surface area contributed by atoms with Crippen molar-refractivity contribution in [1.82, 2.24) is 14.5 Å². The second kappa shape index (κ2) is 8.66. The van der Waals surface area contributed by atoms with Gasteiger partial charge in [0, 0.05) is 24.8 Å². The molecule has 2 N–H and O–H groups in total. The second-order valence-electron chi connectivity index (χ2n) is 7.82. The second-order valence-corrected chi connectivity index (χ2v) is 7.82. The van der Waals surface area contributed by atoms with Crippen LogP contribution in [0.15, 0.2) is 53.3 Å². The van der Waals surface area contributed by atoms with Crippen molar-refractivity contribution in [2.24, 2.45) is 0 Å². The fourth-order valence-corrected chi connectivity index (χ4v) is 4.22. The largest absolute Gasteiger partial charge is 0.326 e. The van der Waals surface area contributed by atoms with Crippen molar-refractivity contribution in [3.05, 3.63) is 64.6 Å². The lowest BCUT2D eigenvalue weighted by atomic mass is 10.0. The van der Waals surface area contributed by atoms with Crippen LogP contribution in [0.25, 0.3) is 11.0 Å². The molecule has 4 rings (SSSR count). The normalized spacial score (nSPS) is 15.6. The Kier molecular flexibility index (Phi) is 5.81. The van der Waals surface area contributed by atoms with Crippen molar-refractivity contribution < 1.29 is 4.79 Å². The third-order valence-corrected chi connectivity index (χ3v) is 5.69. The van der Waals surface area contributed by atoms with Crippen LogP contribution in [0, 0.1) is 0 Å².